The van der Waals surface area contributed by atoms with E-state index in [4.69, 9.17) is 5.26 Å². The van der Waals surface area contributed by atoms with E-state index in [9.17, 15) is 13.2 Å². The van der Waals surface area contributed by atoms with Crippen molar-refractivity contribution in [3.63, 3.8) is 0 Å². The van der Waals surface area contributed by atoms with Gasteiger partial charge >= 0.3 is 0 Å². The van der Waals surface area contributed by atoms with Crippen LogP contribution in [-0.4, -0.2) is 20.1 Å². The Morgan fingerprint density at radius 3 is 2.33 bits per heavy atom. The Morgan fingerprint density at radius 1 is 1.12 bits per heavy atom. The van der Waals surface area contributed by atoms with Crippen LogP contribution in [0.25, 0.3) is 0 Å². The lowest BCUT2D eigenvalue weighted by Crippen LogP contribution is -2.42. The zero-order valence-corrected chi connectivity index (χ0v) is 14.4. The minimum atomic E-state index is -3.87. The van der Waals surface area contributed by atoms with Crippen molar-refractivity contribution in [2.45, 2.75) is 16.7 Å². The van der Waals surface area contributed by atoms with E-state index in [-0.39, 0.29) is 10.6 Å². The summed E-state index contributed by atoms with van der Waals surface area (Å²) in [6.45, 7) is 1.97. The number of carbonyl (C=O) groups excluding carboxylic acids is 1. The number of nitriles is 1. The lowest BCUT2D eigenvalue weighted by atomic mass is 10.2. The average Bonchev–Trinajstić information content (AvgIpc) is 2.59. The fourth-order valence-electron chi connectivity index (χ4n) is 1.71. The van der Waals surface area contributed by atoms with Crippen molar-refractivity contribution >= 4 is 27.7 Å². The summed E-state index contributed by atoms with van der Waals surface area (Å²) in [5, 5.41) is 8.70. The third-order valence-electron chi connectivity index (χ3n) is 3.01. The summed E-state index contributed by atoms with van der Waals surface area (Å²) >= 11 is 1.31. The van der Waals surface area contributed by atoms with Crippen molar-refractivity contribution in [1.29, 1.82) is 5.26 Å². The van der Waals surface area contributed by atoms with Gasteiger partial charge in [-0.3, -0.25) is 10.2 Å². The molecule has 0 fully saturated rings. The Morgan fingerprint density at radius 2 is 1.75 bits per heavy atom. The highest BCUT2D eigenvalue weighted by atomic mass is 32.2. The van der Waals surface area contributed by atoms with Gasteiger partial charge in [-0.1, -0.05) is 17.7 Å². The van der Waals surface area contributed by atoms with Crippen molar-refractivity contribution in [1.82, 2.24) is 10.3 Å². The van der Waals surface area contributed by atoms with Gasteiger partial charge in [-0.15, -0.1) is 16.6 Å². The number of nitrogens with one attached hydrogen (secondary N) is 2. The lowest BCUT2D eigenvalue weighted by Gasteiger charge is -2.08. The molecular weight excluding hydrogens is 346 g/mol. The maximum atomic E-state index is 12.0. The van der Waals surface area contributed by atoms with Gasteiger partial charge in [0.25, 0.3) is 10.0 Å². The molecule has 6 nitrogen and oxygen atoms in total. The Labute approximate surface area is 144 Å². The Hall–Kier alpha value is -2.34. The van der Waals surface area contributed by atoms with Crippen LogP contribution < -0.4 is 10.3 Å². The summed E-state index contributed by atoms with van der Waals surface area (Å²) in [6, 6.07) is 15.0. The van der Waals surface area contributed by atoms with Gasteiger partial charge < -0.3 is 0 Å². The van der Waals surface area contributed by atoms with Crippen LogP contribution in [0, 0.1) is 18.3 Å². The van der Waals surface area contributed by atoms with E-state index in [1.165, 1.54) is 36.0 Å². The topological polar surface area (TPSA) is 99.1 Å². The van der Waals surface area contributed by atoms with Crippen molar-refractivity contribution in [3.05, 3.63) is 59.7 Å². The number of hydrazine groups is 1. The first-order chi connectivity index (χ1) is 11.4. The SMILES string of the molecule is Cc1ccc(SCC(=O)NNS(=O)(=O)c2ccc(C#N)cc2)cc1. The van der Waals surface area contributed by atoms with Gasteiger partial charge in [-0.2, -0.15) is 5.26 Å². The normalized spacial score (nSPS) is 10.8. The molecule has 8 heteroatoms. The second-order valence-corrected chi connectivity index (χ2v) is 7.62. The Balaban J connectivity index is 1.87. The second kappa shape index (κ2) is 7.97. The minimum absolute atomic E-state index is 0.0343. The third-order valence-corrected chi connectivity index (χ3v) is 5.29. The van der Waals surface area contributed by atoms with Crippen molar-refractivity contribution in [3.8, 4) is 6.07 Å². The lowest BCUT2D eigenvalue weighted by molar-refractivity contribution is -0.119. The van der Waals surface area contributed by atoms with Crippen LogP contribution in [0.4, 0.5) is 0 Å². The van der Waals surface area contributed by atoms with Gasteiger partial charge in [0.15, 0.2) is 0 Å². The number of sulfonamides is 1. The van der Waals surface area contributed by atoms with E-state index < -0.39 is 15.9 Å². The smallest absolute Gasteiger partial charge is 0.257 e. The standard InChI is InChI=1S/C16H15N3O3S2/c1-12-2-6-14(7-3-12)23-11-16(20)18-19-24(21,22)15-8-4-13(10-17)5-9-15/h2-9,19H,11H2,1H3,(H,18,20). The molecule has 0 heterocycles. The zero-order valence-electron chi connectivity index (χ0n) is 12.8. The maximum Gasteiger partial charge on any atom is 0.257 e. The predicted molar refractivity (Wildman–Crippen MR) is 91.5 cm³/mol. The fraction of sp³-hybridized carbons (Fsp3) is 0.125. The molecule has 0 radical (unpaired) electrons. The number of carbonyl (C=O) groups is 1. The molecule has 0 atom stereocenters. The summed E-state index contributed by atoms with van der Waals surface area (Å²) in [5.74, 6) is -0.378. The van der Waals surface area contributed by atoms with Crippen LogP contribution in [0.2, 0.25) is 0 Å². The van der Waals surface area contributed by atoms with Gasteiger partial charge in [0.05, 0.1) is 22.3 Å². The van der Waals surface area contributed by atoms with Crippen molar-refractivity contribution < 1.29 is 13.2 Å². The monoisotopic (exact) mass is 361 g/mol. The molecule has 0 saturated heterocycles. The Kier molecular flexibility index (Phi) is 5.98. The number of thioether (sulfide) groups is 1. The molecule has 1 amide bonds. The highest BCUT2D eigenvalue weighted by molar-refractivity contribution is 8.00. The number of hydrogen-bond acceptors (Lipinski definition) is 5. The molecule has 2 rings (SSSR count). The van der Waals surface area contributed by atoms with Crippen LogP contribution >= 0.6 is 11.8 Å². The van der Waals surface area contributed by atoms with E-state index in [1.54, 1.807) is 0 Å². The zero-order chi connectivity index (χ0) is 17.6. The van der Waals surface area contributed by atoms with E-state index in [1.807, 2.05) is 42.1 Å². The molecule has 124 valence electrons. The van der Waals surface area contributed by atoms with E-state index in [0.29, 0.717) is 5.56 Å². The largest absolute Gasteiger partial charge is 0.277 e. The highest BCUT2D eigenvalue weighted by Gasteiger charge is 2.15. The Bertz CT molecular complexity index is 855. The van der Waals surface area contributed by atoms with Gasteiger partial charge in [0, 0.05) is 4.90 Å². The van der Waals surface area contributed by atoms with Crippen LogP contribution in [0.1, 0.15) is 11.1 Å². The molecule has 2 aromatic carbocycles. The first kappa shape index (κ1) is 18.0. The minimum Gasteiger partial charge on any atom is -0.277 e. The molecule has 2 aromatic rings. The van der Waals surface area contributed by atoms with Gasteiger partial charge in [-0.25, -0.2) is 8.42 Å². The van der Waals surface area contributed by atoms with E-state index in [2.05, 4.69) is 5.43 Å². The van der Waals surface area contributed by atoms with Gasteiger partial charge in [-0.05, 0) is 43.3 Å². The van der Waals surface area contributed by atoms with Crippen LogP contribution in [0.3, 0.4) is 0 Å². The van der Waals surface area contributed by atoms with Crippen molar-refractivity contribution in [2.75, 3.05) is 5.75 Å². The van der Waals surface area contributed by atoms with E-state index >= 15 is 0 Å². The fourth-order valence-corrected chi connectivity index (χ4v) is 3.27. The molecule has 0 aliphatic carbocycles. The summed E-state index contributed by atoms with van der Waals surface area (Å²) in [4.78, 5) is 14.7. The number of benzene rings is 2. The molecule has 0 bridgehead atoms. The second-order valence-electron chi connectivity index (χ2n) is 4.89. The first-order valence-corrected chi connectivity index (χ1v) is 9.38. The number of hydrogen-bond donors (Lipinski definition) is 2. The maximum absolute atomic E-state index is 12.0. The van der Waals surface area contributed by atoms with Crippen LogP contribution in [0.15, 0.2) is 58.3 Å². The number of amides is 1. The van der Waals surface area contributed by atoms with E-state index in [0.717, 1.165) is 10.5 Å². The molecule has 0 aliphatic rings. The van der Waals surface area contributed by atoms with Crippen LogP contribution in [-0.2, 0) is 14.8 Å². The third kappa shape index (κ3) is 5.09. The van der Waals surface area contributed by atoms with Gasteiger partial charge in [0.2, 0.25) is 5.91 Å². The van der Waals surface area contributed by atoms with Crippen molar-refractivity contribution in [2.24, 2.45) is 0 Å². The molecule has 2 N–H and O–H groups in total. The van der Waals surface area contributed by atoms with Gasteiger partial charge in [0.1, 0.15) is 0 Å². The summed E-state index contributed by atoms with van der Waals surface area (Å²) in [6.07, 6.45) is 0. The first-order valence-electron chi connectivity index (χ1n) is 6.91. The average molecular weight is 361 g/mol. The number of nitrogens with zero attached hydrogens (tertiary/aromatic N) is 1. The molecule has 0 unspecified atom stereocenters. The quantitative estimate of drug-likeness (QED) is 0.605. The molecule has 0 aliphatic heterocycles. The summed E-state index contributed by atoms with van der Waals surface area (Å²) < 4.78 is 24.1. The molecule has 0 aromatic heterocycles. The molecule has 0 spiro atoms. The number of rotatable bonds is 6. The number of aryl methyl sites for hydroxylation is 1. The molecule has 0 saturated carbocycles. The van der Waals surface area contributed by atoms with Crippen LogP contribution in [0.5, 0.6) is 0 Å². The molecular formula is C16H15N3O3S2. The summed E-state index contributed by atoms with van der Waals surface area (Å²) in [5.41, 5.74) is 3.65. The predicted octanol–water partition coefficient (Wildman–Crippen LogP) is 1.97. The molecule has 24 heavy (non-hydrogen) atoms. The summed E-state index contributed by atoms with van der Waals surface area (Å²) in [7, 11) is -3.87. The highest BCUT2D eigenvalue weighted by Crippen LogP contribution is 2.17.